The van der Waals surface area contributed by atoms with E-state index >= 15 is 0 Å². The van der Waals surface area contributed by atoms with Crippen LogP contribution in [0.2, 0.25) is 0 Å². The minimum atomic E-state index is -3.66. The SMILES string of the molecule is COC(=O)CCN(C)S(=O)(=O)NC(C)c1ccc(Br)cc1. The van der Waals surface area contributed by atoms with Crippen LogP contribution in [-0.4, -0.2) is 39.4 Å². The molecule has 0 aliphatic heterocycles. The van der Waals surface area contributed by atoms with Crippen molar-refractivity contribution in [1.82, 2.24) is 9.03 Å². The van der Waals surface area contributed by atoms with E-state index in [0.29, 0.717) is 0 Å². The average molecular weight is 379 g/mol. The van der Waals surface area contributed by atoms with Crippen LogP contribution in [0.5, 0.6) is 0 Å². The molecule has 0 aliphatic rings. The second kappa shape index (κ2) is 7.88. The van der Waals surface area contributed by atoms with Crippen LogP contribution in [0, 0.1) is 0 Å². The number of nitrogens with one attached hydrogen (secondary N) is 1. The van der Waals surface area contributed by atoms with Crippen LogP contribution in [0.25, 0.3) is 0 Å². The first-order valence-corrected chi connectivity index (χ1v) is 8.55. The maximum absolute atomic E-state index is 12.1. The molecule has 8 heteroatoms. The van der Waals surface area contributed by atoms with E-state index in [1.165, 1.54) is 14.2 Å². The second-order valence-corrected chi connectivity index (χ2v) is 7.27. The summed E-state index contributed by atoms with van der Waals surface area (Å²) in [5, 5.41) is 0. The molecule has 0 aromatic heterocycles. The summed E-state index contributed by atoms with van der Waals surface area (Å²) in [4.78, 5) is 11.1. The van der Waals surface area contributed by atoms with Gasteiger partial charge in [-0.2, -0.15) is 17.4 Å². The third-order valence-electron chi connectivity index (χ3n) is 2.96. The molecule has 0 saturated heterocycles. The van der Waals surface area contributed by atoms with E-state index in [4.69, 9.17) is 0 Å². The molecule has 1 atom stereocenters. The van der Waals surface area contributed by atoms with Gasteiger partial charge in [-0.25, -0.2) is 0 Å². The molecule has 0 aliphatic carbocycles. The van der Waals surface area contributed by atoms with Gasteiger partial charge in [-0.3, -0.25) is 4.79 Å². The van der Waals surface area contributed by atoms with Gasteiger partial charge in [0, 0.05) is 24.1 Å². The lowest BCUT2D eigenvalue weighted by Crippen LogP contribution is -2.40. The smallest absolute Gasteiger partial charge is 0.306 e. The highest BCUT2D eigenvalue weighted by atomic mass is 79.9. The van der Waals surface area contributed by atoms with Crippen LogP contribution in [0.4, 0.5) is 0 Å². The summed E-state index contributed by atoms with van der Waals surface area (Å²) >= 11 is 3.33. The molecule has 0 bridgehead atoms. The van der Waals surface area contributed by atoms with Crippen LogP contribution in [-0.2, 0) is 19.7 Å². The van der Waals surface area contributed by atoms with Crippen LogP contribution >= 0.6 is 15.9 Å². The number of methoxy groups -OCH3 is 1. The molecular formula is C13H19BrN2O4S. The fourth-order valence-corrected chi connectivity index (χ4v) is 2.96. The molecule has 1 unspecified atom stereocenters. The lowest BCUT2D eigenvalue weighted by Gasteiger charge is -2.21. The number of benzene rings is 1. The van der Waals surface area contributed by atoms with E-state index in [9.17, 15) is 13.2 Å². The summed E-state index contributed by atoms with van der Waals surface area (Å²) in [7, 11) is -0.973. The zero-order chi connectivity index (χ0) is 16.0. The Morgan fingerprint density at radius 2 is 1.95 bits per heavy atom. The summed E-state index contributed by atoms with van der Waals surface area (Å²) in [6.07, 6.45) is 0.0145. The first kappa shape index (κ1) is 18.1. The number of esters is 1. The number of hydrogen-bond acceptors (Lipinski definition) is 4. The van der Waals surface area contributed by atoms with Gasteiger partial charge in [0.15, 0.2) is 0 Å². The van der Waals surface area contributed by atoms with Crippen LogP contribution in [0.1, 0.15) is 24.9 Å². The van der Waals surface area contributed by atoms with Crippen LogP contribution in [0.15, 0.2) is 28.7 Å². The van der Waals surface area contributed by atoms with Gasteiger partial charge in [0.05, 0.1) is 13.5 Å². The van der Waals surface area contributed by atoms with Gasteiger partial charge in [0.25, 0.3) is 10.2 Å². The van der Waals surface area contributed by atoms with Gasteiger partial charge in [0.1, 0.15) is 0 Å². The van der Waals surface area contributed by atoms with E-state index in [-0.39, 0.29) is 19.0 Å². The zero-order valence-corrected chi connectivity index (χ0v) is 14.6. The number of ether oxygens (including phenoxy) is 1. The number of hydrogen-bond donors (Lipinski definition) is 1. The number of halogens is 1. The summed E-state index contributed by atoms with van der Waals surface area (Å²) in [6, 6.07) is 7.00. The fraction of sp³-hybridized carbons (Fsp3) is 0.462. The molecule has 1 aromatic rings. The van der Waals surface area contributed by atoms with Crippen molar-refractivity contribution in [2.45, 2.75) is 19.4 Å². The maximum atomic E-state index is 12.1. The molecule has 21 heavy (non-hydrogen) atoms. The standard InChI is InChI=1S/C13H19BrN2O4S/c1-10(11-4-6-12(14)7-5-11)15-21(18,19)16(2)9-8-13(17)20-3/h4-7,10,15H,8-9H2,1-3H3. The third kappa shape index (κ3) is 5.74. The van der Waals surface area contributed by atoms with E-state index in [1.54, 1.807) is 6.92 Å². The molecule has 0 amide bonds. The fourth-order valence-electron chi connectivity index (χ4n) is 1.60. The van der Waals surface area contributed by atoms with Crippen molar-refractivity contribution < 1.29 is 17.9 Å². The van der Waals surface area contributed by atoms with Crippen molar-refractivity contribution in [3.05, 3.63) is 34.3 Å². The summed E-state index contributed by atoms with van der Waals surface area (Å²) in [5.74, 6) is -0.446. The van der Waals surface area contributed by atoms with Crippen molar-refractivity contribution in [1.29, 1.82) is 0 Å². The Morgan fingerprint density at radius 3 is 2.48 bits per heavy atom. The zero-order valence-electron chi connectivity index (χ0n) is 12.2. The van der Waals surface area contributed by atoms with Crippen molar-refractivity contribution in [2.75, 3.05) is 20.7 Å². The Hall–Kier alpha value is -0.960. The lowest BCUT2D eigenvalue weighted by atomic mass is 10.1. The average Bonchev–Trinajstić information content (AvgIpc) is 2.44. The summed E-state index contributed by atoms with van der Waals surface area (Å²) in [5.41, 5.74) is 0.850. The van der Waals surface area contributed by atoms with Gasteiger partial charge in [-0.15, -0.1) is 0 Å². The Kier molecular flexibility index (Phi) is 6.79. The van der Waals surface area contributed by atoms with Gasteiger partial charge < -0.3 is 4.74 Å². The van der Waals surface area contributed by atoms with Gasteiger partial charge in [0.2, 0.25) is 0 Å². The first-order chi connectivity index (χ1) is 9.76. The quantitative estimate of drug-likeness (QED) is 0.734. The normalized spacial score (nSPS) is 13.2. The predicted octanol–water partition coefficient (Wildman–Crippen LogP) is 1.84. The lowest BCUT2D eigenvalue weighted by molar-refractivity contribution is -0.140. The van der Waals surface area contributed by atoms with Gasteiger partial charge in [-0.1, -0.05) is 28.1 Å². The Balaban J connectivity index is 2.66. The Bertz CT molecular complexity index is 574. The highest BCUT2D eigenvalue weighted by Crippen LogP contribution is 2.17. The van der Waals surface area contributed by atoms with Crippen LogP contribution < -0.4 is 4.72 Å². The topological polar surface area (TPSA) is 75.7 Å². The Morgan fingerprint density at radius 1 is 1.38 bits per heavy atom. The van der Waals surface area contributed by atoms with Crippen molar-refractivity contribution >= 4 is 32.1 Å². The predicted molar refractivity (Wildman–Crippen MR) is 83.9 cm³/mol. The molecule has 1 N–H and O–H groups in total. The summed E-state index contributed by atoms with van der Waals surface area (Å²) < 4.78 is 33.3. The molecule has 0 fully saturated rings. The number of nitrogens with zero attached hydrogens (tertiary/aromatic N) is 1. The molecular weight excluding hydrogens is 360 g/mol. The molecule has 0 spiro atoms. The molecule has 1 aromatic carbocycles. The molecule has 118 valence electrons. The molecule has 1 rings (SSSR count). The van der Waals surface area contributed by atoms with Crippen molar-refractivity contribution in [3.8, 4) is 0 Å². The third-order valence-corrected chi connectivity index (χ3v) is 5.15. The molecule has 0 heterocycles. The largest absolute Gasteiger partial charge is 0.469 e. The second-order valence-electron chi connectivity index (χ2n) is 4.54. The highest BCUT2D eigenvalue weighted by molar-refractivity contribution is 9.10. The molecule has 0 radical (unpaired) electrons. The minimum absolute atomic E-state index is 0.0145. The van der Waals surface area contributed by atoms with E-state index in [0.717, 1.165) is 14.3 Å². The number of rotatable bonds is 7. The highest BCUT2D eigenvalue weighted by Gasteiger charge is 2.21. The van der Waals surface area contributed by atoms with Gasteiger partial charge >= 0.3 is 5.97 Å². The summed E-state index contributed by atoms with van der Waals surface area (Å²) in [6.45, 7) is 1.82. The minimum Gasteiger partial charge on any atom is -0.469 e. The van der Waals surface area contributed by atoms with Crippen molar-refractivity contribution in [2.24, 2.45) is 0 Å². The Labute approximate surface area is 133 Å². The van der Waals surface area contributed by atoms with E-state index in [1.807, 2.05) is 24.3 Å². The van der Waals surface area contributed by atoms with Gasteiger partial charge in [-0.05, 0) is 24.6 Å². The first-order valence-electron chi connectivity index (χ1n) is 6.32. The maximum Gasteiger partial charge on any atom is 0.306 e. The van der Waals surface area contributed by atoms with E-state index < -0.39 is 16.2 Å². The van der Waals surface area contributed by atoms with E-state index in [2.05, 4.69) is 25.4 Å². The molecule has 6 nitrogen and oxygen atoms in total. The van der Waals surface area contributed by atoms with Crippen LogP contribution in [0.3, 0.4) is 0 Å². The monoisotopic (exact) mass is 378 g/mol. The number of carbonyl (C=O) groups excluding carboxylic acids is 1. The van der Waals surface area contributed by atoms with Crippen molar-refractivity contribution in [3.63, 3.8) is 0 Å². The number of carbonyl (C=O) groups is 1. The molecule has 0 saturated carbocycles.